The molecule has 1 fully saturated rings. The molecule has 0 saturated carbocycles. The third kappa shape index (κ3) is 2.92. The van der Waals surface area contributed by atoms with Gasteiger partial charge in [-0.05, 0) is 27.7 Å². The van der Waals surface area contributed by atoms with Crippen LogP contribution in [0.25, 0.3) is 0 Å². The van der Waals surface area contributed by atoms with Crippen molar-refractivity contribution in [2.24, 2.45) is 0 Å². The maximum Gasteiger partial charge on any atom is 0.189 e. The first kappa shape index (κ1) is 11.9. The first-order valence-corrected chi connectivity index (χ1v) is 5.09. The van der Waals surface area contributed by atoms with Crippen LogP contribution in [0.3, 0.4) is 0 Å². The molecule has 4 heteroatoms. The molecule has 0 aromatic heterocycles. The second-order valence-electron chi connectivity index (χ2n) is 3.71. The quantitative estimate of drug-likeness (QED) is 0.696. The number of ether oxygens (including phenoxy) is 4. The van der Waals surface area contributed by atoms with Crippen molar-refractivity contribution in [3.05, 3.63) is 0 Å². The van der Waals surface area contributed by atoms with Gasteiger partial charge in [0.25, 0.3) is 0 Å². The van der Waals surface area contributed by atoms with E-state index in [1.54, 1.807) is 0 Å². The van der Waals surface area contributed by atoms with Gasteiger partial charge in [-0.25, -0.2) is 0 Å². The Balaban J connectivity index is 2.44. The van der Waals surface area contributed by atoms with Gasteiger partial charge in [0.05, 0.1) is 0 Å². The Morgan fingerprint density at radius 2 is 1.29 bits per heavy atom. The Kier molecular flexibility index (Phi) is 3.89. The van der Waals surface area contributed by atoms with Crippen molar-refractivity contribution >= 4 is 0 Å². The van der Waals surface area contributed by atoms with Crippen LogP contribution < -0.4 is 0 Å². The van der Waals surface area contributed by atoms with E-state index in [4.69, 9.17) is 18.9 Å². The molecule has 1 aliphatic rings. The summed E-state index contributed by atoms with van der Waals surface area (Å²) in [5.41, 5.74) is 0. The fourth-order valence-electron chi connectivity index (χ4n) is 1.43. The fraction of sp³-hybridized carbons (Fsp3) is 1.00. The van der Waals surface area contributed by atoms with Gasteiger partial charge in [-0.1, -0.05) is 0 Å². The van der Waals surface area contributed by atoms with E-state index in [1.165, 1.54) is 0 Å². The monoisotopic (exact) mass is 204 g/mol. The Bertz CT molecular complexity index is 153. The van der Waals surface area contributed by atoms with E-state index in [0.717, 1.165) is 0 Å². The van der Waals surface area contributed by atoms with Crippen LogP contribution in [0.15, 0.2) is 0 Å². The zero-order chi connectivity index (χ0) is 10.7. The largest absolute Gasteiger partial charge is 0.348 e. The minimum atomic E-state index is -0.620. The minimum absolute atomic E-state index is 0.400. The third-order valence-electron chi connectivity index (χ3n) is 2.18. The summed E-state index contributed by atoms with van der Waals surface area (Å²) in [6.07, 6.45) is 0. The summed E-state index contributed by atoms with van der Waals surface area (Å²) >= 11 is 0. The van der Waals surface area contributed by atoms with Crippen molar-refractivity contribution in [3.63, 3.8) is 0 Å². The second-order valence-corrected chi connectivity index (χ2v) is 3.71. The number of hydrogen-bond donors (Lipinski definition) is 0. The standard InChI is InChI=1S/C10H20O4/c1-5-11-9(3)7-14-10(4,8-13-9)12-6-2/h5-8H2,1-4H3. The summed E-state index contributed by atoms with van der Waals surface area (Å²) in [6.45, 7) is 9.66. The van der Waals surface area contributed by atoms with Crippen LogP contribution in [0.5, 0.6) is 0 Å². The highest BCUT2D eigenvalue weighted by Crippen LogP contribution is 2.26. The lowest BCUT2D eigenvalue weighted by molar-refractivity contribution is -0.373. The Labute approximate surface area is 85.5 Å². The summed E-state index contributed by atoms with van der Waals surface area (Å²) < 4.78 is 22.1. The normalized spacial score (nSPS) is 38.6. The van der Waals surface area contributed by atoms with Crippen molar-refractivity contribution in [2.75, 3.05) is 26.4 Å². The molecule has 4 nitrogen and oxygen atoms in total. The SMILES string of the molecule is CCOC1(C)COC(C)(OCC)CO1. The lowest BCUT2D eigenvalue weighted by atomic mass is 10.2. The number of rotatable bonds is 4. The van der Waals surface area contributed by atoms with Gasteiger partial charge in [-0.2, -0.15) is 0 Å². The highest BCUT2D eigenvalue weighted by Gasteiger charge is 2.40. The Hall–Kier alpha value is -0.160. The summed E-state index contributed by atoms with van der Waals surface area (Å²) in [6, 6.07) is 0. The van der Waals surface area contributed by atoms with E-state index in [1.807, 2.05) is 27.7 Å². The zero-order valence-corrected chi connectivity index (χ0v) is 9.46. The van der Waals surface area contributed by atoms with E-state index in [0.29, 0.717) is 26.4 Å². The van der Waals surface area contributed by atoms with Crippen molar-refractivity contribution in [1.29, 1.82) is 0 Å². The first-order valence-electron chi connectivity index (χ1n) is 5.09. The van der Waals surface area contributed by atoms with Crippen molar-refractivity contribution in [3.8, 4) is 0 Å². The van der Waals surface area contributed by atoms with E-state index >= 15 is 0 Å². The van der Waals surface area contributed by atoms with Crippen LogP contribution in [0.4, 0.5) is 0 Å². The minimum Gasteiger partial charge on any atom is -0.348 e. The molecule has 0 aromatic carbocycles. The van der Waals surface area contributed by atoms with Gasteiger partial charge in [0.2, 0.25) is 0 Å². The lowest BCUT2D eigenvalue weighted by Crippen LogP contribution is -2.53. The molecule has 0 aliphatic carbocycles. The molecular formula is C10H20O4. The van der Waals surface area contributed by atoms with E-state index in [-0.39, 0.29) is 0 Å². The molecule has 0 amide bonds. The Morgan fingerprint density at radius 1 is 0.929 bits per heavy atom. The lowest BCUT2D eigenvalue weighted by Gasteiger charge is -2.42. The predicted octanol–water partition coefficient (Wildman–Crippen LogP) is 1.54. The molecule has 84 valence electrons. The molecule has 1 saturated heterocycles. The van der Waals surface area contributed by atoms with Crippen molar-refractivity contribution in [1.82, 2.24) is 0 Å². The fourth-order valence-corrected chi connectivity index (χ4v) is 1.43. The zero-order valence-electron chi connectivity index (χ0n) is 9.46. The van der Waals surface area contributed by atoms with Crippen molar-refractivity contribution < 1.29 is 18.9 Å². The van der Waals surface area contributed by atoms with Crippen LogP contribution in [0, 0.1) is 0 Å². The highest BCUT2D eigenvalue weighted by molar-refractivity contribution is 4.74. The van der Waals surface area contributed by atoms with Gasteiger partial charge < -0.3 is 18.9 Å². The highest BCUT2D eigenvalue weighted by atomic mass is 16.8. The average Bonchev–Trinajstić information content (AvgIpc) is 2.13. The molecule has 0 spiro atoms. The average molecular weight is 204 g/mol. The van der Waals surface area contributed by atoms with Gasteiger partial charge in [-0.3, -0.25) is 0 Å². The molecule has 0 aromatic rings. The summed E-state index contributed by atoms with van der Waals surface area (Å²) in [5.74, 6) is -1.24. The predicted molar refractivity (Wildman–Crippen MR) is 52.0 cm³/mol. The molecule has 1 heterocycles. The van der Waals surface area contributed by atoms with E-state index in [9.17, 15) is 0 Å². The van der Waals surface area contributed by atoms with Crippen LogP contribution in [-0.4, -0.2) is 38.0 Å². The maximum atomic E-state index is 5.60. The molecule has 1 rings (SSSR count). The van der Waals surface area contributed by atoms with Crippen LogP contribution in [-0.2, 0) is 18.9 Å². The van der Waals surface area contributed by atoms with Gasteiger partial charge in [-0.15, -0.1) is 0 Å². The Morgan fingerprint density at radius 3 is 1.50 bits per heavy atom. The molecule has 2 atom stereocenters. The molecule has 0 bridgehead atoms. The van der Waals surface area contributed by atoms with Gasteiger partial charge in [0.15, 0.2) is 11.6 Å². The summed E-state index contributed by atoms with van der Waals surface area (Å²) in [5, 5.41) is 0. The summed E-state index contributed by atoms with van der Waals surface area (Å²) in [4.78, 5) is 0. The molecular weight excluding hydrogens is 184 g/mol. The molecule has 0 N–H and O–H groups in total. The molecule has 0 radical (unpaired) electrons. The molecule has 14 heavy (non-hydrogen) atoms. The maximum absolute atomic E-state index is 5.60. The first-order chi connectivity index (χ1) is 6.54. The van der Waals surface area contributed by atoms with E-state index < -0.39 is 11.6 Å². The van der Waals surface area contributed by atoms with Crippen molar-refractivity contribution in [2.45, 2.75) is 39.3 Å². The van der Waals surface area contributed by atoms with Gasteiger partial charge >= 0.3 is 0 Å². The van der Waals surface area contributed by atoms with Crippen LogP contribution >= 0.6 is 0 Å². The van der Waals surface area contributed by atoms with Crippen LogP contribution in [0.2, 0.25) is 0 Å². The molecule has 1 aliphatic heterocycles. The smallest absolute Gasteiger partial charge is 0.189 e. The van der Waals surface area contributed by atoms with Gasteiger partial charge in [0, 0.05) is 13.2 Å². The summed E-state index contributed by atoms with van der Waals surface area (Å²) in [7, 11) is 0. The van der Waals surface area contributed by atoms with Gasteiger partial charge in [0.1, 0.15) is 13.2 Å². The molecule has 2 unspecified atom stereocenters. The third-order valence-corrected chi connectivity index (χ3v) is 2.18. The van der Waals surface area contributed by atoms with Crippen LogP contribution in [0.1, 0.15) is 27.7 Å². The number of hydrogen-bond acceptors (Lipinski definition) is 4. The van der Waals surface area contributed by atoms with E-state index in [2.05, 4.69) is 0 Å². The topological polar surface area (TPSA) is 36.9 Å². The second kappa shape index (κ2) is 4.57.